The largest absolute Gasteiger partial charge is 0.286 e. The molecule has 3 heteroatoms. The van der Waals surface area contributed by atoms with E-state index in [9.17, 15) is 4.79 Å². The summed E-state index contributed by atoms with van der Waals surface area (Å²) >= 11 is 0. The number of hydrogen-bond acceptors (Lipinski definition) is 2. The predicted octanol–water partition coefficient (Wildman–Crippen LogP) is 0.477. The minimum Gasteiger partial charge on any atom is -0.286 e. The van der Waals surface area contributed by atoms with E-state index in [1.54, 1.807) is 11.2 Å². The summed E-state index contributed by atoms with van der Waals surface area (Å²) in [6, 6.07) is 0. The summed E-state index contributed by atoms with van der Waals surface area (Å²) in [5.74, 6) is 0.181. The van der Waals surface area contributed by atoms with E-state index in [0.717, 1.165) is 6.54 Å². The number of amides is 1. The standard InChI is InChI=1S/C7H8N2O/c10-7-3-6-8-4-1-2-5-9(7)8/h1-2,4-5H,3,6H2. The Hall–Kier alpha value is -1.25. The maximum absolute atomic E-state index is 11.0. The molecule has 0 aliphatic carbocycles. The third-order valence-corrected chi connectivity index (χ3v) is 1.68. The Morgan fingerprint density at radius 2 is 2.10 bits per heavy atom. The minimum absolute atomic E-state index is 0.181. The van der Waals surface area contributed by atoms with Crippen molar-refractivity contribution in [1.29, 1.82) is 0 Å². The van der Waals surface area contributed by atoms with E-state index in [2.05, 4.69) is 0 Å². The van der Waals surface area contributed by atoms with Gasteiger partial charge in [0.15, 0.2) is 0 Å². The first-order valence-electron chi connectivity index (χ1n) is 3.31. The number of fused-ring (bicyclic) bond motifs is 1. The maximum Gasteiger partial charge on any atom is 0.247 e. The molecular weight excluding hydrogens is 128 g/mol. The van der Waals surface area contributed by atoms with Crippen molar-refractivity contribution < 1.29 is 4.79 Å². The SMILES string of the molecule is O=C1CCN2C=CC=CN12. The topological polar surface area (TPSA) is 23.6 Å². The molecule has 0 aromatic rings. The summed E-state index contributed by atoms with van der Waals surface area (Å²) < 4.78 is 0. The van der Waals surface area contributed by atoms with Gasteiger partial charge in [-0.15, -0.1) is 0 Å². The maximum atomic E-state index is 11.0. The van der Waals surface area contributed by atoms with Gasteiger partial charge in [-0.25, -0.2) is 5.01 Å². The Labute approximate surface area is 59.2 Å². The predicted molar refractivity (Wildman–Crippen MR) is 36.4 cm³/mol. The zero-order chi connectivity index (χ0) is 6.97. The lowest BCUT2D eigenvalue weighted by molar-refractivity contribution is -0.131. The van der Waals surface area contributed by atoms with Crippen molar-refractivity contribution in [2.45, 2.75) is 6.42 Å². The van der Waals surface area contributed by atoms with E-state index in [1.165, 1.54) is 0 Å². The van der Waals surface area contributed by atoms with Gasteiger partial charge < -0.3 is 0 Å². The van der Waals surface area contributed by atoms with Gasteiger partial charge in [-0.05, 0) is 12.2 Å². The van der Waals surface area contributed by atoms with E-state index in [-0.39, 0.29) is 5.91 Å². The number of allylic oxidation sites excluding steroid dienone is 2. The van der Waals surface area contributed by atoms with Crippen LogP contribution in [0, 0.1) is 0 Å². The molecule has 2 rings (SSSR count). The molecule has 52 valence electrons. The van der Waals surface area contributed by atoms with E-state index in [1.807, 2.05) is 23.4 Å². The van der Waals surface area contributed by atoms with Gasteiger partial charge in [0.05, 0.1) is 0 Å². The molecule has 2 heterocycles. The van der Waals surface area contributed by atoms with Crippen LogP contribution in [0.15, 0.2) is 24.6 Å². The Morgan fingerprint density at radius 3 is 2.90 bits per heavy atom. The summed E-state index contributed by atoms with van der Waals surface area (Å²) in [6.07, 6.45) is 8.11. The highest BCUT2D eigenvalue weighted by Crippen LogP contribution is 2.15. The average Bonchev–Trinajstić information content (AvgIpc) is 2.34. The highest BCUT2D eigenvalue weighted by Gasteiger charge is 2.24. The Balaban J connectivity index is 2.27. The second-order valence-electron chi connectivity index (χ2n) is 2.33. The highest BCUT2D eigenvalue weighted by atomic mass is 16.2. The second kappa shape index (κ2) is 1.87. The summed E-state index contributed by atoms with van der Waals surface area (Å²) in [5, 5.41) is 3.54. The lowest BCUT2D eigenvalue weighted by Crippen LogP contribution is -2.31. The molecular formula is C7H8N2O. The number of hydrogen-bond donors (Lipinski definition) is 0. The van der Waals surface area contributed by atoms with Gasteiger partial charge in [0, 0.05) is 25.4 Å². The normalized spacial score (nSPS) is 22.2. The van der Waals surface area contributed by atoms with Crippen LogP contribution in [0.3, 0.4) is 0 Å². The van der Waals surface area contributed by atoms with Crippen molar-refractivity contribution in [1.82, 2.24) is 10.0 Å². The minimum atomic E-state index is 0.181. The average molecular weight is 136 g/mol. The number of nitrogens with zero attached hydrogens (tertiary/aromatic N) is 2. The summed E-state index contributed by atoms with van der Waals surface area (Å²) in [7, 11) is 0. The first-order chi connectivity index (χ1) is 4.88. The molecule has 0 aromatic heterocycles. The first kappa shape index (κ1) is 5.53. The summed E-state index contributed by atoms with van der Waals surface area (Å²) in [6.45, 7) is 0.819. The van der Waals surface area contributed by atoms with Gasteiger partial charge in [0.1, 0.15) is 0 Å². The Bertz CT molecular complexity index is 220. The van der Waals surface area contributed by atoms with Crippen LogP contribution in [-0.2, 0) is 4.79 Å². The van der Waals surface area contributed by atoms with Crippen LogP contribution in [0.1, 0.15) is 6.42 Å². The van der Waals surface area contributed by atoms with Crippen LogP contribution in [0.2, 0.25) is 0 Å². The molecule has 0 bridgehead atoms. The van der Waals surface area contributed by atoms with Gasteiger partial charge in [0.25, 0.3) is 0 Å². The molecule has 1 amide bonds. The molecule has 2 aliphatic rings. The molecule has 0 aromatic carbocycles. The third-order valence-electron chi connectivity index (χ3n) is 1.68. The number of carbonyl (C=O) groups excluding carboxylic acids is 1. The second-order valence-corrected chi connectivity index (χ2v) is 2.33. The number of carbonyl (C=O) groups is 1. The molecule has 0 radical (unpaired) electrons. The van der Waals surface area contributed by atoms with Crippen molar-refractivity contribution >= 4 is 5.91 Å². The summed E-state index contributed by atoms with van der Waals surface area (Å²) in [4.78, 5) is 11.0. The zero-order valence-corrected chi connectivity index (χ0v) is 5.53. The van der Waals surface area contributed by atoms with Gasteiger partial charge >= 0.3 is 0 Å². The third kappa shape index (κ3) is 0.635. The van der Waals surface area contributed by atoms with Gasteiger partial charge in [-0.1, -0.05) is 0 Å². The van der Waals surface area contributed by atoms with Crippen molar-refractivity contribution in [3.05, 3.63) is 24.6 Å². The van der Waals surface area contributed by atoms with Crippen molar-refractivity contribution in [2.75, 3.05) is 6.54 Å². The van der Waals surface area contributed by atoms with Crippen molar-refractivity contribution in [3.8, 4) is 0 Å². The Kier molecular flexibility index (Phi) is 1.03. The van der Waals surface area contributed by atoms with E-state index >= 15 is 0 Å². The number of rotatable bonds is 0. The molecule has 3 nitrogen and oxygen atoms in total. The molecule has 0 saturated carbocycles. The summed E-state index contributed by atoms with van der Waals surface area (Å²) in [5.41, 5.74) is 0. The zero-order valence-electron chi connectivity index (χ0n) is 5.53. The molecule has 0 N–H and O–H groups in total. The van der Waals surface area contributed by atoms with Gasteiger partial charge in [-0.3, -0.25) is 9.80 Å². The monoisotopic (exact) mass is 136 g/mol. The molecule has 1 saturated heterocycles. The molecule has 0 atom stereocenters. The van der Waals surface area contributed by atoms with Gasteiger partial charge in [-0.2, -0.15) is 0 Å². The smallest absolute Gasteiger partial charge is 0.247 e. The lowest BCUT2D eigenvalue weighted by atomic mass is 10.4. The quantitative estimate of drug-likeness (QED) is 0.483. The van der Waals surface area contributed by atoms with Crippen molar-refractivity contribution in [2.24, 2.45) is 0 Å². The van der Waals surface area contributed by atoms with Crippen LogP contribution in [0.4, 0.5) is 0 Å². The van der Waals surface area contributed by atoms with Crippen LogP contribution >= 0.6 is 0 Å². The van der Waals surface area contributed by atoms with E-state index in [4.69, 9.17) is 0 Å². The highest BCUT2D eigenvalue weighted by molar-refractivity contribution is 5.79. The fraction of sp³-hybridized carbons (Fsp3) is 0.286. The molecule has 10 heavy (non-hydrogen) atoms. The van der Waals surface area contributed by atoms with Crippen LogP contribution in [0.25, 0.3) is 0 Å². The molecule has 0 spiro atoms. The molecule has 2 aliphatic heterocycles. The van der Waals surface area contributed by atoms with Crippen LogP contribution in [0.5, 0.6) is 0 Å². The lowest BCUT2D eigenvalue weighted by Gasteiger charge is -2.24. The van der Waals surface area contributed by atoms with E-state index < -0.39 is 0 Å². The van der Waals surface area contributed by atoms with Crippen LogP contribution < -0.4 is 0 Å². The molecule has 0 unspecified atom stereocenters. The fourth-order valence-corrected chi connectivity index (χ4v) is 1.17. The Morgan fingerprint density at radius 1 is 1.30 bits per heavy atom. The number of hydrazine groups is 1. The van der Waals surface area contributed by atoms with Crippen LogP contribution in [-0.4, -0.2) is 22.5 Å². The molecule has 1 fully saturated rings. The van der Waals surface area contributed by atoms with Crippen molar-refractivity contribution in [3.63, 3.8) is 0 Å². The van der Waals surface area contributed by atoms with E-state index in [0.29, 0.717) is 6.42 Å². The first-order valence-corrected chi connectivity index (χ1v) is 3.31. The van der Waals surface area contributed by atoms with Gasteiger partial charge in [0.2, 0.25) is 5.91 Å². The fourth-order valence-electron chi connectivity index (χ4n) is 1.17.